The van der Waals surface area contributed by atoms with Crippen LogP contribution in [-0.4, -0.2) is 15.0 Å². The van der Waals surface area contributed by atoms with E-state index in [9.17, 15) is 0 Å². The van der Waals surface area contributed by atoms with E-state index in [0.717, 1.165) is 73.4 Å². The van der Waals surface area contributed by atoms with Crippen molar-refractivity contribution in [3.05, 3.63) is 151 Å². The summed E-state index contributed by atoms with van der Waals surface area (Å²) in [5.74, 6) is 5.38. The van der Waals surface area contributed by atoms with Gasteiger partial charge in [0.25, 0.3) is 0 Å². The first-order valence-electron chi connectivity index (χ1n) is 19.3. The number of benzene rings is 6. The van der Waals surface area contributed by atoms with Gasteiger partial charge >= 0.3 is 0 Å². The van der Waals surface area contributed by atoms with Gasteiger partial charge in [0.1, 0.15) is 11.2 Å². The molecule has 0 amide bonds. The van der Waals surface area contributed by atoms with Gasteiger partial charge in [-0.3, -0.25) is 0 Å². The van der Waals surface area contributed by atoms with Gasteiger partial charge < -0.3 is 4.42 Å². The molecule has 4 saturated carbocycles. The molecule has 4 heteroatoms. The SMILES string of the molecule is c1ccc(-c2nc(-c3ccc(-c4cccc5c4oc4ccccc45)cc3)nc(-c3ccc4c(c3)-c3ccccc3C43C4CC5CC(C4)CC3C5)n2)cc1. The molecule has 1 spiro atoms. The number of fused-ring (bicyclic) bond motifs is 6. The predicted molar refractivity (Wildman–Crippen MR) is 212 cm³/mol. The molecule has 53 heavy (non-hydrogen) atoms. The smallest absolute Gasteiger partial charge is 0.164 e. The van der Waals surface area contributed by atoms with E-state index in [2.05, 4.69) is 109 Å². The summed E-state index contributed by atoms with van der Waals surface area (Å²) in [4.78, 5) is 15.4. The van der Waals surface area contributed by atoms with Crippen LogP contribution in [0.2, 0.25) is 0 Å². The molecule has 8 aromatic rings. The first-order chi connectivity index (χ1) is 26.2. The molecule has 254 valence electrons. The van der Waals surface area contributed by atoms with E-state index >= 15 is 0 Å². The van der Waals surface area contributed by atoms with Crippen molar-refractivity contribution in [2.24, 2.45) is 23.7 Å². The van der Waals surface area contributed by atoms with Crippen LogP contribution >= 0.6 is 0 Å². The fourth-order valence-electron chi connectivity index (χ4n) is 11.4. The zero-order valence-electron chi connectivity index (χ0n) is 29.4. The second-order valence-electron chi connectivity index (χ2n) is 16.0. The van der Waals surface area contributed by atoms with Crippen molar-refractivity contribution < 1.29 is 4.42 Å². The van der Waals surface area contributed by atoms with Gasteiger partial charge in [-0.25, -0.2) is 15.0 Å². The van der Waals surface area contributed by atoms with Crippen LogP contribution in [-0.2, 0) is 5.41 Å². The lowest BCUT2D eigenvalue weighted by Crippen LogP contribution is -2.55. The molecular formula is C49H37N3O. The van der Waals surface area contributed by atoms with Crippen LogP contribution < -0.4 is 0 Å². The fourth-order valence-corrected chi connectivity index (χ4v) is 11.4. The quantitative estimate of drug-likeness (QED) is 0.185. The van der Waals surface area contributed by atoms with Crippen LogP contribution in [0.1, 0.15) is 43.2 Å². The van der Waals surface area contributed by atoms with Gasteiger partial charge in [0, 0.05) is 38.4 Å². The Morgan fingerprint density at radius 2 is 1.00 bits per heavy atom. The number of furan rings is 1. The molecule has 5 aliphatic carbocycles. The van der Waals surface area contributed by atoms with E-state index in [-0.39, 0.29) is 5.41 Å². The zero-order valence-corrected chi connectivity index (χ0v) is 29.4. The third kappa shape index (κ3) is 4.27. The molecule has 0 saturated heterocycles. The van der Waals surface area contributed by atoms with Crippen LogP contribution in [0.15, 0.2) is 144 Å². The first-order valence-corrected chi connectivity index (χ1v) is 19.3. The Labute approximate surface area is 308 Å². The Morgan fingerprint density at radius 1 is 0.434 bits per heavy atom. The zero-order chi connectivity index (χ0) is 34.7. The molecule has 0 radical (unpaired) electrons. The lowest BCUT2D eigenvalue weighted by molar-refractivity contribution is -0.0399. The van der Waals surface area contributed by atoms with Gasteiger partial charge in [-0.05, 0) is 95.7 Å². The third-order valence-electron chi connectivity index (χ3n) is 13.3. The molecule has 4 nitrogen and oxygen atoms in total. The minimum atomic E-state index is 0.145. The summed E-state index contributed by atoms with van der Waals surface area (Å²) in [5, 5.41) is 2.26. The Balaban J connectivity index is 0.978. The second-order valence-corrected chi connectivity index (χ2v) is 16.0. The summed E-state index contributed by atoms with van der Waals surface area (Å²) in [6.45, 7) is 0. The molecule has 2 heterocycles. The molecule has 2 aromatic heterocycles. The molecular weight excluding hydrogens is 647 g/mol. The van der Waals surface area contributed by atoms with E-state index in [0.29, 0.717) is 17.5 Å². The predicted octanol–water partition coefficient (Wildman–Crippen LogP) is 12.2. The highest BCUT2D eigenvalue weighted by molar-refractivity contribution is 6.09. The summed E-state index contributed by atoms with van der Waals surface area (Å²) in [7, 11) is 0. The second kappa shape index (κ2) is 11.1. The van der Waals surface area contributed by atoms with Gasteiger partial charge in [0.2, 0.25) is 0 Å². The minimum Gasteiger partial charge on any atom is -0.455 e. The monoisotopic (exact) mass is 683 g/mol. The van der Waals surface area contributed by atoms with Crippen LogP contribution in [0.5, 0.6) is 0 Å². The topological polar surface area (TPSA) is 51.8 Å². The van der Waals surface area contributed by atoms with Gasteiger partial charge in [-0.15, -0.1) is 0 Å². The Bertz CT molecular complexity index is 2720. The van der Waals surface area contributed by atoms with Gasteiger partial charge in [0.15, 0.2) is 17.5 Å². The van der Waals surface area contributed by atoms with E-state index in [1.165, 1.54) is 43.2 Å². The van der Waals surface area contributed by atoms with E-state index in [1.54, 1.807) is 11.1 Å². The summed E-state index contributed by atoms with van der Waals surface area (Å²) in [6, 6.07) is 49.9. The largest absolute Gasteiger partial charge is 0.455 e. The summed E-state index contributed by atoms with van der Waals surface area (Å²) in [6.07, 6.45) is 6.98. The maximum absolute atomic E-state index is 6.37. The van der Waals surface area contributed by atoms with Crippen molar-refractivity contribution in [1.29, 1.82) is 0 Å². The van der Waals surface area contributed by atoms with Gasteiger partial charge in [-0.1, -0.05) is 127 Å². The van der Waals surface area contributed by atoms with E-state index < -0.39 is 0 Å². The Hall–Kier alpha value is -5.87. The highest BCUT2D eigenvalue weighted by atomic mass is 16.3. The van der Waals surface area contributed by atoms with Crippen molar-refractivity contribution >= 4 is 21.9 Å². The number of hydrogen-bond acceptors (Lipinski definition) is 4. The van der Waals surface area contributed by atoms with Crippen molar-refractivity contribution in [2.45, 2.75) is 37.5 Å². The molecule has 13 rings (SSSR count). The number of hydrogen-bond donors (Lipinski definition) is 0. The normalized spacial score (nSPS) is 23.5. The van der Waals surface area contributed by atoms with Crippen LogP contribution in [0, 0.1) is 23.7 Å². The number of nitrogens with zero attached hydrogens (tertiary/aromatic N) is 3. The Kier molecular flexibility index (Phi) is 6.20. The summed E-state index contributed by atoms with van der Waals surface area (Å²) < 4.78 is 6.37. The van der Waals surface area contributed by atoms with Crippen molar-refractivity contribution in [1.82, 2.24) is 15.0 Å². The summed E-state index contributed by atoms with van der Waals surface area (Å²) in [5.41, 5.74) is 13.0. The van der Waals surface area contributed by atoms with Gasteiger partial charge in [0.05, 0.1) is 0 Å². The minimum absolute atomic E-state index is 0.145. The first kappa shape index (κ1) is 29.7. The van der Waals surface area contributed by atoms with Crippen LogP contribution in [0.3, 0.4) is 0 Å². The van der Waals surface area contributed by atoms with E-state index in [1.807, 2.05) is 30.3 Å². The van der Waals surface area contributed by atoms with Crippen molar-refractivity contribution in [3.8, 4) is 56.4 Å². The van der Waals surface area contributed by atoms with Gasteiger partial charge in [-0.2, -0.15) is 0 Å². The van der Waals surface area contributed by atoms with Crippen molar-refractivity contribution in [2.75, 3.05) is 0 Å². The van der Waals surface area contributed by atoms with E-state index in [4.69, 9.17) is 19.4 Å². The average Bonchev–Trinajstić information content (AvgIpc) is 3.74. The molecule has 0 unspecified atom stereocenters. The standard InChI is InChI=1S/C49H37N3O/c1-2-9-32(10-3-1)46-50-47(33-19-17-31(18-20-33)37-13-8-14-40-39-12-5-7-16-44(39)53-45(37)40)52-48(51-46)34-21-22-43-41(28-34)38-11-4-6-15-42(38)49(43)35-24-29-23-30(26-35)27-36(49)25-29/h1-22,28-30,35-36H,23-27H2. The average molecular weight is 684 g/mol. The lowest BCUT2D eigenvalue weighted by Gasteiger charge is -2.61. The fraction of sp³-hybridized carbons (Fsp3) is 0.204. The maximum Gasteiger partial charge on any atom is 0.164 e. The highest BCUT2D eigenvalue weighted by Gasteiger charge is 2.61. The number of para-hydroxylation sites is 2. The molecule has 0 aliphatic heterocycles. The molecule has 4 fully saturated rings. The molecule has 4 bridgehead atoms. The van der Waals surface area contributed by atoms with Crippen LogP contribution in [0.4, 0.5) is 0 Å². The molecule has 5 aliphatic rings. The maximum atomic E-state index is 6.37. The number of aromatic nitrogens is 3. The van der Waals surface area contributed by atoms with Crippen LogP contribution in [0.25, 0.3) is 78.4 Å². The highest BCUT2D eigenvalue weighted by Crippen LogP contribution is 2.69. The van der Waals surface area contributed by atoms with Crippen molar-refractivity contribution in [3.63, 3.8) is 0 Å². The molecule has 0 N–H and O–H groups in total. The number of rotatable bonds is 4. The Morgan fingerprint density at radius 3 is 1.77 bits per heavy atom. The molecule has 6 aromatic carbocycles. The lowest BCUT2D eigenvalue weighted by atomic mass is 9.43. The third-order valence-corrected chi connectivity index (χ3v) is 13.3. The molecule has 0 atom stereocenters. The summed E-state index contributed by atoms with van der Waals surface area (Å²) >= 11 is 0.